The van der Waals surface area contributed by atoms with Crippen molar-refractivity contribution in [3.8, 4) is 11.1 Å². The Balaban J connectivity index is 1.60. The smallest absolute Gasteiger partial charge is 0.228 e. The number of nitrogens with zero attached hydrogens (tertiary/aromatic N) is 3. The monoisotopic (exact) mass is 417 g/mol. The molecule has 2 aromatic rings. The lowest BCUT2D eigenvalue weighted by Gasteiger charge is -2.26. The summed E-state index contributed by atoms with van der Waals surface area (Å²) in [7, 11) is 0. The number of hydrogen-bond donors (Lipinski definition) is 0. The van der Waals surface area contributed by atoms with Gasteiger partial charge in [-0.3, -0.25) is 14.6 Å². The third-order valence-corrected chi connectivity index (χ3v) is 6.56. The molecule has 1 saturated carbocycles. The van der Waals surface area contributed by atoms with Gasteiger partial charge in [0.15, 0.2) is 0 Å². The zero-order chi connectivity index (χ0) is 21.6. The van der Waals surface area contributed by atoms with Crippen molar-refractivity contribution >= 4 is 11.8 Å². The first-order valence-corrected chi connectivity index (χ1v) is 11.3. The summed E-state index contributed by atoms with van der Waals surface area (Å²) in [6.07, 6.45) is 10.2. The van der Waals surface area contributed by atoms with Gasteiger partial charge in [0.1, 0.15) is 0 Å². The lowest BCUT2D eigenvalue weighted by molar-refractivity contribution is -0.136. The normalized spacial score (nSPS) is 20.0. The van der Waals surface area contributed by atoms with Crippen molar-refractivity contribution in [2.75, 3.05) is 26.2 Å². The van der Waals surface area contributed by atoms with Crippen LogP contribution < -0.4 is 0 Å². The van der Waals surface area contributed by atoms with Gasteiger partial charge >= 0.3 is 0 Å². The molecule has 31 heavy (non-hydrogen) atoms. The van der Waals surface area contributed by atoms with E-state index in [2.05, 4.69) is 23.7 Å². The number of rotatable bonds is 6. The summed E-state index contributed by atoms with van der Waals surface area (Å²) in [5.41, 5.74) is 3.25. The van der Waals surface area contributed by atoms with E-state index in [0.717, 1.165) is 42.4 Å². The Morgan fingerprint density at radius 2 is 1.94 bits per heavy atom. The molecule has 1 aromatic carbocycles. The van der Waals surface area contributed by atoms with Crippen LogP contribution in [0.1, 0.15) is 31.2 Å². The van der Waals surface area contributed by atoms with Gasteiger partial charge in [-0.25, -0.2) is 0 Å². The molecule has 0 N–H and O–H groups in total. The molecule has 1 atom stereocenters. The molecule has 5 nitrogen and oxygen atoms in total. The van der Waals surface area contributed by atoms with Crippen molar-refractivity contribution in [1.29, 1.82) is 0 Å². The van der Waals surface area contributed by atoms with Crippen LogP contribution in [0, 0.1) is 11.8 Å². The van der Waals surface area contributed by atoms with Crippen LogP contribution in [0.5, 0.6) is 0 Å². The Labute approximate surface area is 184 Å². The molecule has 0 spiro atoms. The quantitative estimate of drug-likeness (QED) is 0.669. The number of pyridine rings is 1. The lowest BCUT2D eigenvalue weighted by atomic mass is 9.91. The average molecular weight is 418 g/mol. The molecule has 0 radical (unpaired) electrons. The molecule has 2 heterocycles. The number of carbonyl (C=O) groups is 2. The Morgan fingerprint density at radius 1 is 1.13 bits per heavy atom. The lowest BCUT2D eigenvalue weighted by Crippen LogP contribution is -2.40. The van der Waals surface area contributed by atoms with Crippen LogP contribution in [0.2, 0.25) is 0 Å². The van der Waals surface area contributed by atoms with E-state index >= 15 is 0 Å². The highest BCUT2D eigenvalue weighted by Crippen LogP contribution is 2.29. The second-order valence-electron chi connectivity index (χ2n) is 8.64. The molecule has 5 heteroatoms. The minimum absolute atomic E-state index is 0.114. The van der Waals surface area contributed by atoms with Gasteiger partial charge in [0.05, 0.1) is 5.92 Å². The van der Waals surface area contributed by atoms with Crippen molar-refractivity contribution in [1.82, 2.24) is 14.8 Å². The van der Waals surface area contributed by atoms with Crippen LogP contribution >= 0.6 is 0 Å². The number of benzene rings is 1. The number of amides is 2. The summed E-state index contributed by atoms with van der Waals surface area (Å²) in [6, 6.07) is 12.2. The average Bonchev–Trinajstić information content (AvgIpc) is 3.30. The van der Waals surface area contributed by atoms with Gasteiger partial charge in [0.2, 0.25) is 11.8 Å². The van der Waals surface area contributed by atoms with E-state index < -0.39 is 0 Å². The fraction of sp³-hybridized carbons (Fsp3) is 0.423. The maximum atomic E-state index is 13.4. The van der Waals surface area contributed by atoms with Crippen molar-refractivity contribution in [3.05, 3.63) is 67.0 Å². The van der Waals surface area contributed by atoms with E-state index in [1.54, 1.807) is 12.3 Å². The Bertz CT molecular complexity index is 921. The Kier molecular flexibility index (Phi) is 6.80. The van der Waals surface area contributed by atoms with Crippen molar-refractivity contribution in [2.24, 2.45) is 11.8 Å². The summed E-state index contributed by atoms with van der Waals surface area (Å²) < 4.78 is 0. The predicted octanol–water partition coefficient (Wildman–Crippen LogP) is 3.95. The fourth-order valence-electron chi connectivity index (χ4n) is 4.93. The second-order valence-corrected chi connectivity index (χ2v) is 8.64. The van der Waals surface area contributed by atoms with E-state index in [0.29, 0.717) is 32.6 Å². The van der Waals surface area contributed by atoms with Crippen LogP contribution in [0.25, 0.3) is 11.1 Å². The van der Waals surface area contributed by atoms with Gasteiger partial charge in [-0.1, -0.05) is 49.2 Å². The SMILES string of the molecule is C=CCN1CCN(C(=O)C2CCCC2)C[C@@H](Cc2ccccc2-c2cccnc2)C1=O. The van der Waals surface area contributed by atoms with E-state index in [-0.39, 0.29) is 23.7 Å². The largest absolute Gasteiger partial charge is 0.340 e. The van der Waals surface area contributed by atoms with Crippen LogP contribution in [0.3, 0.4) is 0 Å². The molecule has 162 valence electrons. The summed E-state index contributed by atoms with van der Waals surface area (Å²) in [4.78, 5) is 34.6. The summed E-state index contributed by atoms with van der Waals surface area (Å²) in [6.45, 7) is 6.01. The number of aromatic nitrogens is 1. The first kappa shape index (κ1) is 21.3. The first-order chi connectivity index (χ1) is 15.2. The highest BCUT2D eigenvalue weighted by atomic mass is 16.2. The molecule has 1 aliphatic carbocycles. The van der Waals surface area contributed by atoms with Crippen molar-refractivity contribution < 1.29 is 9.59 Å². The van der Waals surface area contributed by atoms with E-state index in [1.165, 1.54) is 0 Å². The summed E-state index contributed by atoms with van der Waals surface area (Å²) in [5.74, 6) is 0.217. The molecule has 0 bridgehead atoms. The van der Waals surface area contributed by atoms with E-state index in [1.807, 2.05) is 40.3 Å². The van der Waals surface area contributed by atoms with Gasteiger partial charge < -0.3 is 9.80 Å². The minimum atomic E-state index is -0.259. The van der Waals surface area contributed by atoms with E-state index in [4.69, 9.17) is 0 Å². The van der Waals surface area contributed by atoms with Gasteiger partial charge in [0.25, 0.3) is 0 Å². The molecule has 2 amide bonds. The maximum absolute atomic E-state index is 13.4. The molecular weight excluding hydrogens is 386 g/mol. The standard InChI is InChI=1S/C26H31N3O2/c1-2-14-28-15-16-29(25(30)20-8-3-4-9-20)19-23(26(28)31)17-21-10-5-6-12-24(21)22-11-7-13-27-18-22/h2,5-7,10-13,18,20,23H,1,3-4,8-9,14-17,19H2/t23-/m1/s1. The third kappa shape index (κ3) is 4.87. The predicted molar refractivity (Wildman–Crippen MR) is 122 cm³/mol. The number of carbonyl (C=O) groups excluding carboxylic acids is 2. The highest BCUT2D eigenvalue weighted by Gasteiger charge is 2.35. The van der Waals surface area contributed by atoms with Crippen LogP contribution in [0.4, 0.5) is 0 Å². The third-order valence-electron chi connectivity index (χ3n) is 6.56. The summed E-state index contributed by atoms with van der Waals surface area (Å²) >= 11 is 0. The van der Waals surface area contributed by atoms with Crippen molar-refractivity contribution in [3.63, 3.8) is 0 Å². The summed E-state index contributed by atoms with van der Waals surface area (Å²) in [5, 5.41) is 0. The van der Waals surface area contributed by atoms with Crippen molar-refractivity contribution in [2.45, 2.75) is 32.1 Å². The van der Waals surface area contributed by atoms with Gasteiger partial charge in [-0.05, 0) is 36.5 Å². The molecule has 2 aliphatic rings. The van der Waals surface area contributed by atoms with Gasteiger partial charge in [-0.2, -0.15) is 0 Å². The van der Waals surface area contributed by atoms with Gasteiger partial charge in [0, 0.05) is 50.1 Å². The zero-order valence-corrected chi connectivity index (χ0v) is 18.1. The molecule has 0 unspecified atom stereocenters. The number of hydrogen-bond acceptors (Lipinski definition) is 3. The fourth-order valence-corrected chi connectivity index (χ4v) is 4.93. The van der Waals surface area contributed by atoms with Crippen LogP contribution in [-0.2, 0) is 16.0 Å². The first-order valence-electron chi connectivity index (χ1n) is 11.3. The van der Waals surface area contributed by atoms with Crippen LogP contribution in [-0.4, -0.2) is 52.8 Å². The maximum Gasteiger partial charge on any atom is 0.228 e. The second kappa shape index (κ2) is 9.90. The molecule has 1 aliphatic heterocycles. The Morgan fingerprint density at radius 3 is 2.68 bits per heavy atom. The van der Waals surface area contributed by atoms with E-state index in [9.17, 15) is 9.59 Å². The molecule has 4 rings (SSSR count). The molecule has 1 saturated heterocycles. The van der Waals surface area contributed by atoms with Crippen LogP contribution in [0.15, 0.2) is 61.4 Å². The minimum Gasteiger partial charge on any atom is -0.340 e. The molecule has 2 fully saturated rings. The topological polar surface area (TPSA) is 53.5 Å². The Hall–Kier alpha value is -2.95. The zero-order valence-electron chi connectivity index (χ0n) is 18.1. The molecule has 1 aromatic heterocycles. The molecular formula is C26H31N3O2. The highest BCUT2D eigenvalue weighted by molar-refractivity contribution is 5.84. The van der Waals surface area contributed by atoms with Gasteiger partial charge in [-0.15, -0.1) is 6.58 Å².